The number of para-hydroxylation sites is 1. The van der Waals surface area contributed by atoms with Crippen LogP contribution < -0.4 is 5.32 Å². The number of nitrogens with one attached hydrogen (secondary N) is 1. The highest BCUT2D eigenvalue weighted by Crippen LogP contribution is 2.40. The van der Waals surface area contributed by atoms with Crippen molar-refractivity contribution >= 4 is 22.5 Å². The number of carbonyl (C=O) groups excluding carboxylic acids is 1. The van der Waals surface area contributed by atoms with Gasteiger partial charge in [-0.05, 0) is 49.6 Å². The van der Waals surface area contributed by atoms with E-state index in [1.54, 1.807) is 12.1 Å². The highest BCUT2D eigenvalue weighted by atomic mass is 19.1. The Morgan fingerprint density at radius 3 is 2.75 bits per heavy atom. The zero-order valence-electron chi connectivity index (χ0n) is 13.3. The van der Waals surface area contributed by atoms with Crippen LogP contribution in [-0.2, 0) is 0 Å². The number of hydrogen-bond donors (Lipinski definition) is 1. The lowest BCUT2D eigenvalue weighted by atomic mass is 10.0. The smallest absolute Gasteiger partial charge is 0.256 e. The Morgan fingerprint density at radius 2 is 1.96 bits per heavy atom. The Labute approximate surface area is 139 Å². The van der Waals surface area contributed by atoms with E-state index in [4.69, 9.17) is 0 Å². The van der Waals surface area contributed by atoms with E-state index in [1.165, 1.54) is 6.07 Å². The maximum atomic E-state index is 14.0. The number of hydrogen-bond acceptors (Lipinski definition) is 2. The summed E-state index contributed by atoms with van der Waals surface area (Å²) in [4.78, 5) is 17.4. The van der Waals surface area contributed by atoms with Gasteiger partial charge in [0.25, 0.3) is 5.91 Å². The molecule has 1 saturated carbocycles. The van der Waals surface area contributed by atoms with Crippen LogP contribution in [0.1, 0.15) is 40.4 Å². The van der Waals surface area contributed by atoms with Crippen molar-refractivity contribution in [3.05, 3.63) is 71.2 Å². The molecule has 1 amide bonds. The molecule has 0 radical (unpaired) electrons. The molecule has 3 aromatic rings. The average molecular weight is 320 g/mol. The molecule has 1 N–H and O–H groups in total. The minimum Gasteiger partial charge on any atom is -0.319 e. The van der Waals surface area contributed by atoms with E-state index < -0.39 is 5.82 Å². The third-order valence-electron chi connectivity index (χ3n) is 4.35. The molecule has 1 aliphatic rings. The van der Waals surface area contributed by atoms with Crippen molar-refractivity contribution in [2.45, 2.75) is 25.7 Å². The van der Waals surface area contributed by atoms with Crippen LogP contribution >= 0.6 is 0 Å². The SMILES string of the molecule is Cc1ccc(F)c(NC(=O)c2cc(C3CC3)nc3ccccc23)c1. The largest absolute Gasteiger partial charge is 0.319 e. The highest BCUT2D eigenvalue weighted by molar-refractivity contribution is 6.12. The molecule has 3 nitrogen and oxygen atoms in total. The average Bonchev–Trinajstić information content (AvgIpc) is 3.42. The molecule has 0 spiro atoms. The van der Waals surface area contributed by atoms with Crippen LogP contribution in [0.5, 0.6) is 0 Å². The minimum absolute atomic E-state index is 0.203. The van der Waals surface area contributed by atoms with Crippen LogP contribution in [0.15, 0.2) is 48.5 Å². The number of carbonyl (C=O) groups is 1. The fraction of sp³-hybridized carbons (Fsp3) is 0.200. The molecule has 24 heavy (non-hydrogen) atoms. The first-order valence-corrected chi connectivity index (χ1v) is 8.09. The predicted octanol–water partition coefficient (Wildman–Crippen LogP) is 4.81. The van der Waals surface area contributed by atoms with Gasteiger partial charge < -0.3 is 5.32 Å². The standard InChI is InChI=1S/C20H17FN2O/c1-12-6-9-16(21)19(10-12)23-20(24)15-11-18(13-7-8-13)22-17-5-3-2-4-14(15)17/h2-6,9-11,13H,7-8H2,1H3,(H,23,24). The van der Waals surface area contributed by atoms with Crippen LogP contribution in [0.25, 0.3) is 10.9 Å². The van der Waals surface area contributed by atoms with E-state index in [-0.39, 0.29) is 11.6 Å². The number of aryl methyl sites for hydroxylation is 1. The minimum atomic E-state index is -0.435. The maximum Gasteiger partial charge on any atom is 0.256 e. The molecule has 1 aliphatic carbocycles. The lowest BCUT2D eigenvalue weighted by Gasteiger charge is -2.11. The third kappa shape index (κ3) is 2.75. The van der Waals surface area contributed by atoms with Crippen LogP contribution in [0.3, 0.4) is 0 Å². The monoisotopic (exact) mass is 320 g/mol. The normalized spacial score (nSPS) is 13.9. The molecule has 0 aliphatic heterocycles. The molecule has 1 aromatic heterocycles. The number of amides is 1. The van der Waals surface area contributed by atoms with Gasteiger partial charge in [-0.1, -0.05) is 24.3 Å². The van der Waals surface area contributed by atoms with Crippen LogP contribution in [0.2, 0.25) is 0 Å². The Hall–Kier alpha value is -2.75. The number of pyridine rings is 1. The second-order valence-corrected chi connectivity index (χ2v) is 6.32. The Bertz CT molecular complexity index is 948. The summed E-state index contributed by atoms with van der Waals surface area (Å²) in [6.07, 6.45) is 2.22. The molecular formula is C20H17FN2O. The molecule has 0 unspecified atom stereocenters. The van der Waals surface area contributed by atoms with E-state index in [9.17, 15) is 9.18 Å². The van der Waals surface area contributed by atoms with E-state index in [0.717, 1.165) is 35.0 Å². The topological polar surface area (TPSA) is 42.0 Å². The molecule has 2 aromatic carbocycles. The summed E-state index contributed by atoms with van der Waals surface area (Å²) in [5.74, 6) is -0.299. The predicted molar refractivity (Wildman–Crippen MR) is 92.8 cm³/mol. The molecule has 0 bridgehead atoms. The van der Waals surface area contributed by atoms with Crippen molar-refractivity contribution < 1.29 is 9.18 Å². The quantitative estimate of drug-likeness (QED) is 0.752. The molecule has 0 atom stereocenters. The summed E-state index contributed by atoms with van der Waals surface area (Å²) >= 11 is 0. The first kappa shape index (κ1) is 14.8. The van der Waals surface area contributed by atoms with Crippen molar-refractivity contribution in [2.24, 2.45) is 0 Å². The summed E-state index contributed by atoms with van der Waals surface area (Å²) < 4.78 is 14.0. The molecule has 120 valence electrons. The van der Waals surface area contributed by atoms with E-state index in [2.05, 4.69) is 10.3 Å². The van der Waals surface area contributed by atoms with Gasteiger partial charge in [0, 0.05) is 17.0 Å². The molecule has 4 rings (SSSR count). The maximum absolute atomic E-state index is 14.0. The first-order valence-electron chi connectivity index (χ1n) is 8.09. The van der Waals surface area contributed by atoms with Gasteiger partial charge in [-0.25, -0.2) is 4.39 Å². The zero-order chi connectivity index (χ0) is 16.7. The fourth-order valence-corrected chi connectivity index (χ4v) is 2.90. The fourth-order valence-electron chi connectivity index (χ4n) is 2.90. The van der Waals surface area contributed by atoms with Crippen molar-refractivity contribution in [3.8, 4) is 0 Å². The third-order valence-corrected chi connectivity index (χ3v) is 4.35. The van der Waals surface area contributed by atoms with Crippen LogP contribution in [0.4, 0.5) is 10.1 Å². The number of fused-ring (bicyclic) bond motifs is 1. The molecule has 4 heteroatoms. The van der Waals surface area contributed by atoms with Gasteiger partial charge in [0.05, 0.1) is 16.8 Å². The van der Waals surface area contributed by atoms with E-state index in [1.807, 2.05) is 37.3 Å². The van der Waals surface area contributed by atoms with Gasteiger partial charge in [-0.3, -0.25) is 9.78 Å². The second kappa shape index (κ2) is 5.71. The molecular weight excluding hydrogens is 303 g/mol. The van der Waals surface area contributed by atoms with E-state index in [0.29, 0.717) is 11.5 Å². The lowest BCUT2D eigenvalue weighted by Crippen LogP contribution is -2.14. The number of rotatable bonds is 3. The van der Waals surface area contributed by atoms with E-state index >= 15 is 0 Å². The number of nitrogens with zero attached hydrogens (tertiary/aromatic N) is 1. The summed E-state index contributed by atoms with van der Waals surface area (Å²) in [5, 5.41) is 3.49. The van der Waals surface area contributed by atoms with Crippen molar-refractivity contribution in [3.63, 3.8) is 0 Å². The van der Waals surface area contributed by atoms with Gasteiger partial charge in [0.2, 0.25) is 0 Å². The number of anilines is 1. The highest BCUT2D eigenvalue weighted by Gasteiger charge is 2.27. The van der Waals surface area contributed by atoms with Gasteiger partial charge in [-0.2, -0.15) is 0 Å². The number of aromatic nitrogens is 1. The molecule has 1 fully saturated rings. The molecule has 1 heterocycles. The Balaban J connectivity index is 1.77. The zero-order valence-corrected chi connectivity index (χ0v) is 13.3. The van der Waals surface area contributed by atoms with Crippen molar-refractivity contribution in [1.82, 2.24) is 4.98 Å². The molecule has 0 saturated heterocycles. The Kier molecular flexibility index (Phi) is 3.53. The van der Waals surface area contributed by atoms with Gasteiger partial charge in [0.15, 0.2) is 0 Å². The number of halogens is 1. The van der Waals surface area contributed by atoms with Crippen molar-refractivity contribution in [1.29, 1.82) is 0 Å². The Morgan fingerprint density at radius 1 is 1.17 bits per heavy atom. The van der Waals surface area contributed by atoms with Crippen LogP contribution in [-0.4, -0.2) is 10.9 Å². The van der Waals surface area contributed by atoms with Crippen LogP contribution in [0, 0.1) is 12.7 Å². The first-order chi connectivity index (χ1) is 11.6. The van der Waals surface area contributed by atoms with Crippen molar-refractivity contribution in [2.75, 3.05) is 5.32 Å². The summed E-state index contributed by atoms with van der Waals surface area (Å²) in [5.41, 5.74) is 3.39. The second-order valence-electron chi connectivity index (χ2n) is 6.32. The number of benzene rings is 2. The van der Waals surface area contributed by atoms with Gasteiger partial charge >= 0.3 is 0 Å². The summed E-state index contributed by atoms with van der Waals surface area (Å²) in [7, 11) is 0. The van der Waals surface area contributed by atoms with Gasteiger partial charge in [-0.15, -0.1) is 0 Å². The summed E-state index contributed by atoms with van der Waals surface area (Å²) in [6, 6.07) is 14.1. The van der Waals surface area contributed by atoms with Gasteiger partial charge in [0.1, 0.15) is 5.82 Å². The summed E-state index contributed by atoms with van der Waals surface area (Å²) in [6.45, 7) is 1.86. The lowest BCUT2D eigenvalue weighted by molar-refractivity contribution is 0.102.